The van der Waals surface area contributed by atoms with Crippen LogP contribution >= 0.6 is 0 Å². The highest BCUT2D eigenvalue weighted by Crippen LogP contribution is 2.54. The van der Waals surface area contributed by atoms with Crippen molar-refractivity contribution in [2.75, 3.05) is 0 Å². The summed E-state index contributed by atoms with van der Waals surface area (Å²) >= 11 is 0. The average Bonchev–Trinajstić information content (AvgIpc) is 3.50. The summed E-state index contributed by atoms with van der Waals surface area (Å²) in [5.74, 6) is 0. The molecule has 6 rings (SSSR count). The molecule has 2 aliphatic carbocycles. The molecule has 0 fully saturated rings. The Morgan fingerprint density at radius 1 is 0.537 bits per heavy atom. The van der Waals surface area contributed by atoms with Gasteiger partial charge in [0.1, 0.15) is 0 Å². The number of allylic oxidation sites excluding steroid dienone is 2. The zero-order valence-corrected chi connectivity index (χ0v) is 26.7. The molecule has 0 spiro atoms. The Kier molecular flexibility index (Phi) is 7.51. The van der Waals surface area contributed by atoms with Crippen molar-refractivity contribution in [2.45, 2.75) is 77.6 Å². The number of hydrogen-bond donors (Lipinski definition) is 0. The first-order valence-corrected chi connectivity index (χ1v) is 18.8. The number of benzene rings is 4. The fourth-order valence-corrected chi connectivity index (χ4v) is 13.0. The lowest BCUT2D eigenvalue weighted by Gasteiger charge is -2.39. The SMILES string of the molecule is CCCc1ccc(-c2cccc3c2C=C(C)C3[Si](C)(C)C2C(C)=Cc3c(-c4ccc(CCC)cc4)cccc32)cc1. The second-order valence-electron chi connectivity index (χ2n) is 13.0. The molecule has 0 nitrogen and oxygen atoms in total. The van der Waals surface area contributed by atoms with Crippen molar-refractivity contribution in [1.82, 2.24) is 0 Å². The van der Waals surface area contributed by atoms with Gasteiger partial charge in [0.15, 0.2) is 0 Å². The summed E-state index contributed by atoms with van der Waals surface area (Å²) in [6.07, 6.45) is 9.69. The molecule has 4 aromatic carbocycles. The minimum absolute atomic E-state index is 0.507. The van der Waals surface area contributed by atoms with Gasteiger partial charge in [0.2, 0.25) is 0 Å². The van der Waals surface area contributed by atoms with Gasteiger partial charge >= 0.3 is 0 Å². The monoisotopic (exact) mass is 552 g/mol. The molecule has 0 radical (unpaired) electrons. The van der Waals surface area contributed by atoms with E-state index in [0.29, 0.717) is 11.1 Å². The van der Waals surface area contributed by atoms with Gasteiger partial charge in [-0.3, -0.25) is 0 Å². The largest absolute Gasteiger partial charge is 0.0722 e. The van der Waals surface area contributed by atoms with Gasteiger partial charge < -0.3 is 0 Å². The van der Waals surface area contributed by atoms with Crippen molar-refractivity contribution in [1.29, 1.82) is 0 Å². The van der Waals surface area contributed by atoms with Crippen molar-refractivity contribution in [3.05, 3.63) is 129 Å². The van der Waals surface area contributed by atoms with Crippen LogP contribution in [0.2, 0.25) is 13.1 Å². The van der Waals surface area contributed by atoms with Crippen LogP contribution in [0.3, 0.4) is 0 Å². The highest BCUT2D eigenvalue weighted by atomic mass is 28.3. The van der Waals surface area contributed by atoms with E-state index in [1.165, 1.54) is 68.5 Å². The van der Waals surface area contributed by atoms with E-state index in [-0.39, 0.29) is 0 Å². The fraction of sp³-hybridized carbons (Fsp3) is 0.300. The van der Waals surface area contributed by atoms with Crippen LogP contribution in [0, 0.1) is 0 Å². The lowest BCUT2D eigenvalue weighted by atomic mass is 9.95. The summed E-state index contributed by atoms with van der Waals surface area (Å²) in [6, 6.07) is 32.7. The van der Waals surface area contributed by atoms with Gasteiger partial charge in [0, 0.05) is 11.1 Å². The summed E-state index contributed by atoms with van der Waals surface area (Å²) in [4.78, 5) is 0. The smallest absolute Gasteiger partial charge is 0.0679 e. The summed E-state index contributed by atoms with van der Waals surface area (Å²) in [5, 5.41) is 0. The standard InChI is InChI=1S/C40H44Si/c1-7-11-29-17-21-31(22-18-29)33-13-9-15-35-37(33)25-27(3)39(35)41(5,6)40-28(4)26-38-34(14-10-16-36(38)40)32-23-19-30(12-8-2)20-24-32/h9-10,13-26,39-40H,7-8,11-12H2,1-6H3. The topological polar surface area (TPSA) is 0 Å². The first kappa shape index (κ1) is 27.7. The van der Waals surface area contributed by atoms with Crippen molar-refractivity contribution in [2.24, 2.45) is 0 Å². The quantitative estimate of drug-likeness (QED) is 0.191. The molecule has 0 saturated heterocycles. The van der Waals surface area contributed by atoms with E-state index in [0.717, 1.165) is 12.8 Å². The number of aryl methyl sites for hydroxylation is 2. The Labute approximate surface area is 248 Å². The predicted molar refractivity (Wildman–Crippen MR) is 182 cm³/mol. The molecule has 2 atom stereocenters. The second kappa shape index (κ2) is 11.1. The lowest BCUT2D eigenvalue weighted by molar-refractivity contribution is 0.922. The van der Waals surface area contributed by atoms with Gasteiger partial charge in [-0.1, -0.05) is 148 Å². The normalized spacial score (nSPS) is 17.7. The number of fused-ring (bicyclic) bond motifs is 2. The van der Waals surface area contributed by atoms with Crippen LogP contribution in [-0.4, -0.2) is 8.07 Å². The van der Waals surface area contributed by atoms with Crippen LogP contribution in [0.25, 0.3) is 34.4 Å². The molecule has 0 N–H and O–H groups in total. The average molecular weight is 553 g/mol. The maximum Gasteiger partial charge on any atom is 0.0722 e. The summed E-state index contributed by atoms with van der Waals surface area (Å²) in [7, 11) is -1.89. The van der Waals surface area contributed by atoms with Crippen LogP contribution in [0.1, 0.15) is 85.0 Å². The Bertz CT molecular complexity index is 1510. The Morgan fingerprint density at radius 3 is 1.29 bits per heavy atom. The number of hydrogen-bond acceptors (Lipinski definition) is 0. The third-order valence-corrected chi connectivity index (χ3v) is 14.2. The van der Waals surface area contributed by atoms with Crippen molar-refractivity contribution >= 4 is 20.2 Å². The van der Waals surface area contributed by atoms with Gasteiger partial charge in [0.05, 0.1) is 8.07 Å². The van der Waals surface area contributed by atoms with E-state index in [4.69, 9.17) is 0 Å². The van der Waals surface area contributed by atoms with E-state index >= 15 is 0 Å². The van der Waals surface area contributed by atoms with Crippen LogP contribution in [-0.2, 0) is 12.8 Å². The van der Waals surface area contributed by atoms with Gasteiger partial charge in [-0.15, -0.1) is 0 Å². The first-order valence-electron chi connectivity index (χ1n) is 15.6. The Morgan fingerprint density at radius 2 is 0.927 bits per heavy atom. The minimum atomic E-state index is -1.89. The molecule has 2 aliphatic rings. The van der Waals surface area contributed by atoms with Gasteiger partial charge in [-0.2, -0.15) is 0 Å². The van der Waals surface area contributed by atoms with Crippen LogP contribution in [0.15, 0.2) is 96.1 Å². The van der Waals surface area contributed by atoms with Crippen LogP contribution in [0.4, 0.5) is 0 Å². The first-order chi connectivity index (χ1) is 19.8. The Balaban J connectivity index is 1.37. The van der Waals surface area contributed by atoms with Gasteiger partial charge in [-0.25, -0.2) is 0 Å². The highest BCUT2D eigenvalue weighted by molar-refractivity contribution is 6.81. The van der Waals surface area contributed by atoms with E-state index in [9.17, 15) is 0 Å². The molecule has 0 amide bonds. The van der Waals surface area contributed by atoms with Gasteiger partial charge in [0.25, 0.3) is 0 Å². The molecule has 4 aromatic rings. The molecule has 41 heavy (non-hydrogen) atoms. The molecular formula is C40H44Si. The minimum Gasteiger partial charge on any atom is -0.0679 e. The summed E-state index contributed by atoms with van der Waals surface area (Å²) in [5.41, 5.74) is 18.4. The molecule has 0 saturated carbocycles. The molecule has 0 bridgehead atoms. The molecule has 1 heteroatoms. The van der Waals surface area contributed by atoms with Crippen molar-refractivity contribution < 1.29 is 0 Å². The van der Waals surface area contributed by atoms with E-state index in [2.05, 4.69) is 138 Å². The summed E-state index contributed by atoms with van der Waals surface area (Å²) in [6.45, 7) is 14.6. The van der Waals surface area contributed by atoms with E-state index in [1.54, 1.807) is 11.1 Å². The highest BCUT2D eigenvalue weighted by Gasteiger charge is 2.47. The zero-order valence-electron chi connectivity index (χ0n) is 25.7. The maximum absolute atomic E-state index is 2.64. The fourth-order valence-electron chi connectivity index (χ4n) is 8.03. The molecule has 0 heterocycles. The lowest BCUT2D eigenvalue weighted by Crippen LogP contribution is -2.42. The molecule has 2 unspecified atom stereocenters. The predicted octanol–water partition coefficient (Wildman–Crippen LogP) is 11.4. The molecular weight excluding hydrogens is 509 g/mol. The summed E-state index contributed by atoms with van der Waals surface area (Å²) < 4.78 is 0. The molecule has 0 aromatic heterocycles. The molecule has 208 valence electrons. The van der Waals surface area contributed by atoms with Crippen molar-refractivity contribution in [3.63, 3.8) is 0 Å². The van der Waals surface area contributed by atoms with Crippen molar-refractivity contribution in [3.8, 4) is 22.3 Å². The Hall–Kier alpha value is -3.42. The third-order valence-electron chi connectivity index (χ3n) is 9.65. The molecule has 0 aliphatic heterocycles. The van der Waals surface area contributed by atoms with E-state index in [1.807, 2.05) is 0 Å². The van der Waals surface area contributed by atoms with Gasteiger partial charge in [-0.05, 0) is 82.3 Å². The number of rotatable bonds is 8. The van der Waals surface area contributed by atoms with E-state index < -0.39 is 8.07 Å². The third kappa shape index (κ3) is 4.89. The van der Waals surface area contributed by atoms with Crippen LogP contribution < -0.4 is 0 Å². The van der Waals surface area contributed by atoms with Crippen LogP contribution in [0.5, 0.6) is 0 Å². The maximum atomic E-state index is 2.64. The zero-order chi connectivity index (χ0) is 28.7. The second-order valence-corrected chi connectivity index (χ2v) is 17.8.